The van der Waals surface area contributed by atoms with Crippen LogP contribution in [0.5, 0.6) is 5.75 Å². The van der Waals surface area contributed by atoms with E-state index >= 15 is 0 Å². The van der Waals surface area contributed by atoms with E-state index in [9.17, 15) is 0 Å². The molecule has 0 radical (unpaired) electrons. The van der Waals surface area contributed by atoms with Gasteiger partial charge < -0.3 is 10.1 Å². The Kier molecular flexibility index (Phi) is 3.43. The summed E-state index contributed by atoms with van der Waals surface area (Å²) >= 11 is 0. The molecule has 2 unspecified atom stereocenters. The van der Waals surface area contributed by atoms with Crippen molar-refractivity contribution in [2.45, 2.75) is 45.7 Å². The number of hydrogen-bond donors (Lipinski definition) is 1. The maximum Gasteiger partial charge on any atom is 0.119 e. The minimum Gasteiger partial charge on any atom is -0.497 e. The molecule has 1 aromatic rings. The SMILES string of the molecule is COc1cccc(C(C)NC(C)C2(C)CC2)c1. The Morgan fingerprint density at radius 2 is 2.00 bits per heavy atom. The molecule has 0 spiro atoms. The molecule has 2 heteroatoms. The van der Waals surface area contributed by atoms with Crippen LogP contribution in [0.15, 0.2) is 24.3 Å². The average Bonchev–Trinajstić information content (AvgIpc) is 3.08. The molecule has 17 heavy (non-hydrogen) atoms. The molecule has 1 aliphatic rings. The third-order valence-corrected chi connectivity index (χ3v) is 4.18. The van der Waals surface area contributed by atoms with Crippen LogP contribution in [0.25, 0.3) is 0 Å². The highest BCUT2D eigenvalue weighted by Gasteiger charge is 2.42. The van der Waals surface area contributed by atoms with E-state index in [-0.39, 0.29) is 0 Å². The van der Waals surface area contributed by atoms with Crippen molar-refractivity contribution in [3.63, 3.8) is 0 Å². The van der Waals surface area contributed by atoms with E-state index < -0.39 is 0 Å². The summed E-state index contributed by atoms with van der Waals surface area (Å²) in [5.41, 5.74) is 1.81. The molecule has 2 rings (SSSR count). The van der Waals surface area contributed by atoms with Crippen LogP contribution in [0.3, 0.4) is 0 Å². The van der Waals surface area contributed by atoms with Crippen LogP contribution in [-0.2, 0) is 0 Å². The van der Waals surface area contributed by atoms with Gasteiger partial charge in [0.2, 0.25) is 0 Å². The predicted molar refractivity (Wildman–Crippen MR) is 71.3 cm³/mol. The summed E-state index contributed by atoms with van der Waals surface area (Å²) in [6.45, 7) is 6.88. The first-order chi connectivity index (χ1) is 8.05. The van der Waals surface area contributed by atoms with Gasteiger partial charge in [0, 0.05) is 12.1 Å². The molecule has 2 nitrogen and oxygen atoms in total. The van der Waals surface area contributed by atoms with Gasteiger partial charge in [-0.25, -0.2) is 0 Å². The first kappa shape index (κ1) is 12.4. The van der Waals surface area contributed by atoms with Crippen LogP contribution in [0.2, 0.25) is 0 Å². The second-order valence-electron chi connectivity index (χ2n) is 5.54. The zero-order valence-corrected chi connectivity index (χ0v) is 11.3. The van der Waals surface area contributed by atoms with Crippen molar-refractivity contribution >= 4 is 0 Å². The summed E-state index contributed by atoms with van der Waals surface area (Å²) in [5.74, 6) is 0.932. The highest BCUT2D eigenvalue weighted by molar-refractivity contribution is 5.30. The van der Waals surface area contributed by atoms with Gasteiger partial charge in [0.05, 0.1) is 7.11 Å². The number of methoxy groups -OCH3 is 1. The van der Waals surface area contributed by atoms with Crippen LogP contribution in [0, 0.1) is 5.41 Å². The highest BCUT2D eigenvalue weighted by Crippen LogP contribution is 2.48. The lowest BCUT2D eigenvalue weighted by Gasteiger charge is -2.25. The number of nitrogens with one attached hydrogen (secondary N) is 1. The molecule has 0 saturated heterocycles. The summed E-state index contributed by atoms with van der Waals surface area (Å²) in [5, 5.41) is 3.69. The fraction of sp³-hybridized carbons (Fsp3) is 0.600. The Balaban J connectivity index is 2.01. The number of hydrogen-bond acceptors (Lipinski definition) is 2. The molecule has 2 atom stereocenters. The zero-order chi connectivity index (χ0) is 12.5. The quantitative estimate of drug-likeness (QED) is 0.840. The molecule has 1 aromatic carbocycles. The van der Waals surface area contributed by atoms with Crippen LogP contribution in [-0.4, -0.2) is 13.2 Å². The number of ether oxygens (including phenoxy) is 1. The lowest BCUT2D eigenvalue weighted by molar-refractivity contribution is 0.349. The maximum atomic E-state index is 5.26. The Morgan fingerprint density at radius 3 is 2.59 bits per heavy atom. The molecule has 0 amide bonds. The van der Waals surface area contributed by atoms with Gasteiger partial charge in [0.25, 0.3) is 0 Å². The predicted octanol–water partition coefficient (Wildman–Crippen LogP) is 3.53. The van der Waals surface area contributed by atoms with Crippen molar-refractivity contribution in [1.29, 1.82) is 0 Å². The summed E-state index contributed by atoms with van der Waals surface area (Å²) in [4.78, 5) is 0. The highest BCUT2D eigenvalue weighted by atomic mass is 16.5. The van der Waals surface area contributed by atoms with Gasteiger partial charge in [0.1, 0.15) is 5.75 Å². The fourth-order valence-corrected chi connectivity index (χ4v) is 2.21. The van der Waals surface area contributed by atoms with Crippen molar-refractivity contribution in [3.8, 4) is 5.75 Å². The minimum absolute atomic E-state index is 0.373. The van der Waals surface area contributed by atoms with Gasteiger partial charge in [-0.15, -0.1) is 0 Å². The van der Waals surface area contributed by atoms with Crippen molar-refractivity contribution in [2.24, 2.45) is 5.41 Å². The van der Waals surface area contributed by atoms with E-state index in [0.29, 0.717) is 17.5 Å². The Labute approximate surface area is 104 Å². The molecular formula is C15H23NO. The Hall–Kier alpha value is -1.02. The van der Waals surface area contributed by atoms with Crippen molar-refractivity contribution < 1.29 is 4.74 Å². The molecule has 0 aliphatic heterocycles. The van der Waals surface area contributed by atoms with Gasteiger partial charge in [-0.3, -0.25) is 0 Å². The third-order valence-electron chi connectivity index (χ3n) is 4.18. The first-order valence-electron chi connectivity index (χ1n) is 6.45. The molecule has 0 heterocycles. The lowest BCUT2D eigenvalue weighted by Crippen LogP contribution is -2.35. The van der Waals surface area contributed by atoms with Gasteiger partial charge >= 0.3 is 0 Å². The van der Waals surface area contributed by atoms with E-state index in [4.69, 9.17) is 4.74 Å². The zero-order valence-electron chi connectivity index (χ0n) is 11.3. The van der Waals surface area contributed by atoms with Crippen LogP contribution in [0.4, 0.5) is 0 Å². The maximum absolute atomic E-state index is 5.26. The second kappa shape index (κ2) is 4.69. The van der Waals surface area contributed by atoms with Gasteiger partial charge in [-0.2, -0.15) is 0 Å². The third kappa shape index (κ3) is 2.81. The molecule has 1 N–H and O–H groups in total. The minimum atomic E-state index is 0.373. The van der Waals surface area contributed by atoms with Gasteiger partial charge in [-0.1, -0.05) is 19.1 Å². The van der Waals surface area contributed by atoms with Crippen molar-refractivity contribution in [1.82, 2.24) is 5.32 Å². The number of benzene rings is 1. The van der Waals surface area contributed by atoms with E-state index in [2.05, 4.69) is 44.3 Å². The van der Waals surface area contributed by atoms with E-state index in [1.54, 1.807) is 7.11 Å². The monoisotopic (exact) mass is 233 g/mol. The van der Waals surface area contributed by atoms with Gasteiger partial charge in [0.15, 0.2) is 0 Å². The molecule has 1 aliphatic carbocycles. The number of rotatable bonds is 5. The van der Waals surface area contributed by atoms with Crippen molar-refractivity contribution in [2.75, 3.05) is 7.11 Å². The van der Waals surface area contributed by atoms with Crippen LogP contribution >= 0.6 is 0 Å². The molecule has 0 aromatic heterocycles. The summed E-state index contributed by atoms with van der Waals surface area (Å²) < 4.78 is 5.26. The average molecular weight is 233 g/mol. The second-order valence-corrected chi connectivity index (χ2v) is 5.54. The van der Waals surface area contributed by atoms with Gasteiger partial charge in [-0.05, 0) is 49.8 Å². The first-order valence-corrected chi connectivity index (χ1v) is 6.45. The molecular weight excluding hydrogens is 210 g/mol. The van der Waals surface area contributed by atoms with Crippen LogP contribution in [0.1, 0.15) is 45.2 Å². The summed E-state index contributed by atoms with van der Waals surface area (Å²) in [6, 6.07) is 9.25. The summed E-state index contributed by atoms with van der Waals surface area (Å²) in [6.07, 6.45) is 2.71. The molecule has 94 valence electrons. The fourth-order valence-electron chi connectivity index (χ4n) is 2.21. The molecule has 0 bridgehead atoms. The molecule has 1 fully saturated rings. The van der Waals surface area contributed by atoms with E-state index in [1.807, 2.05) is 6.07 Å². The van der Waals surface area contributed by atoms with E-state index in [0.717, 1.165) is 5.75 Å². The van der Waals surface area contributed by atoms with E-state index in [1.165, 1.54) is 18.4 Å². The van der Waals surface area contributed by atoms with Crippen LogP contribution < -0.4 is 10.1 Å². The van der Waals surface area contributed by atoms with Crippen molar-refractivity contribution in [3.05, 3.63) is 29.8 Å². The Bertz CT molecular complexity index is 384. The summed E-state index contributed by atoms with van der Waals surface area (Å²) in [7, 11) is 1.71. The topological polar surface area (TPSA) is 21.3 Å². The largest absolute Gasteiger partial charge is 0.497 e. The standard InChI is InChI=1S/C15H23NO/c1-11(16-12(2)15(3)8-9-15)13-6-5-7-14(10-13)17-4/h5-7,10-12,16H,8-9H2,1-4H3. The normalized spacial score (nSPS) is 20.7. The lowest BCUT2D eigenvalue weighted by atomic mass is 9.98. The smallest absolute Gasteiger partial charge is 0.119 e. The Morgan fingerprint density at radius 1 is 1.29 bits per heavy atom. The molecule has 1 saturated carbocycles.